The minimum atomic E-state index is -0.641. The van der Waals surface area contributed by atoms with Crippen LogP contribution in [-0.2, 0) is 6.54 Å². The topological polar surface area (TPSA) is 39.2 Å². The Bertz CT molecular complexity index is 531. The van der Waals surface area contributed by atoms with Gasteiger partial charge in [-0.25, -0.2) is 8.78 Å². The lowest BCUT2D eigenvalue weighted by atomic mass is 9.99. The summed E-state index contributed by atoms with van der Waals surface area (Å²) < 4.78 is 32.1. The third-order valence-electron chi connectivity index (χ3n) is 2.58. The molecular formula is C12H13F2NO. The molecule has 16 heavy (non-hydrogen) atoms. The molecule has 0 unspecified atom stereocenters. The lowest BCUT2D eigenvalue weighted by Crippen LogP contribution is -2.00. The number of hydrogen-bond acceptors (Lipinski definition) is 2. The maximum absolute atomic E-state index is 13.7. The lowest BCUT2D eigenvalue weighted by Gasteiger charge is -2.04. The summed E-state index contributed by atoms with van der Waals surface area (Å²) in [7, 11) is 0. The van der Waals surface area contributed by atoms with Crippen molar-refractivity contribution in [2.75, 3.05) is 0 Å². The summed E-state index contributed by atoms with van der Waals surface area (Å²) in [6.45, 7) is 4.03. The van der Waals surface area contributed by atoms with Crippen LogP contribution in [0.5, 0.6) is 0 Å². The standard InChI is InChI=1S/C12H13F2NO/c1-6(2)11-10(5-15)16-9-4-7(13)3-8(14)12(9)11/h3-4,6H,5,15H2,1-2H3. The predicted molar refractivity (Wildman–Crippen MR) is 58.1 cm³/mol. The Morgan fingerprint density at radius 2 is 2.00 bits per heavy atom. The van der Waals surface area contributed by atoms with Crippen LogP contribution in [0, 0.1) is 11.6 Å². The Morgan fingerprint density at radius 1 is 1.31 bits per heavy atom. The van der Waals surface area contributed by atoms with Crippen LogP contribution in [0.3, 0.4) is 0 Å². The van der Waals surface area contributed by atoms with Crippen LogP contribution in [0.1, 0.15) is 31.1 Å². The van der Waals surface area contributed by atoms with Crippen LogP contribution in [0.2, 0.25) is 0 Å². The fraction of sp³-hybridized carbons (Fsp3) is 0.333. The average Bonchev–Trinajstić information content (AvgIpc) is 2.55. The summed E-state index contributed by atoms with van der Waals surface area (Å²) in [6.07, 6.45) is 0. The molecule has 0 aliphatic rings. The molecule has 0 aliphatic carbocycles. The first-order chi connectivity index (χ1) is 7.54. The Kier molecular flexibility index (Phi) is 2.68. The van der Waals surface area contributed by atoms with Crippen LogP contribution in [-0.4, -0.2) is 0 Å². The normalized spacial score (nSPS) is 11.6. The van der Waals surface area contributed by atoms with Crippen molar-refractivity contribution in [3.63, 3.8) is 0 Å². The van der Waals surface area contributed by atoms with E-state index in [1.165, 1.54) is 6.07 Å². The van der Waals surface area contributed by atoms with E-state index in [0.29, 0.717) is 11.1 Å². The van der Waals surface area contributed by atoms with E-state index in [-0.39, 0.29) is 18.0 Å². The van der Waals surface area contributed by atoms with Gasteiger partial charge in [-0.3, -0.25) is 0 Å². The number of benzene rings is 1. The molecule has 1 aromatic heterocycles. The van der Waals surface area contributed by atoms with Gasteiger partial charge < -0.3 is 10.2 Å². The zero-order valence-electron chi connectivity index (χ0n) is 9.18. The van der Waals surface area contributed by atoms with E-state index in [1.54, 1.807) is 0 Å². The van der Waals surface area contributed by atoms with Gasteiger partial charge in [-0.05, 0) is 5.92 Å². The molecule has 0 spiro atoms. The maximum Gasteiger partial charge on any atom is 0.140 e. The van der Waals surface area contributed by atoms with Crippen molar-refractivity contribution in [3.8, 4) is 0 Å². The summed E-state index contributed by atoms with van der Waals surface area (Å²) in [5.41, 5.74) is 6.49. The van der Waals surface area contributed by atoms with Gasteiger partial charge in [0.15, 0.2) is 0 Å². The molecule has 0 amide bonds. The molecule has 2 nitrogen and oxygen atoms in total. The van der Waals surface area contributed by atoms with Gasteiger partial charge in [-0.2, -0.15) is 0 Å². The molecule has 2 N–H and O–H groups in total. The molecule has 0 aliphatic heterocycles. The third kappa shape index (κ3) is 1.59. The van der Waals surface area contributed by atoms with E-state index >= 15 is 0 Å². The van der Waals surface area contributed by atoms with Crippen molar-refractivity contribution in [2.24, 2.45) is 5.73 Å². The van der Waals surface area contributed by atoms with Crippen molar-refractivity contribution < 1.29 is 13.2 Å². The number of fused-ring (bicyclic) bond motifs is 1. The summed E-state index contributed by atoms with van der Waals surface area (Å²) in [5, 5.41) is 0.344. The smallest absolute Gasteiger partial charge is 0.140 e. The zero-order valence-corrected chi connectivity index (χ0v) is 9.18. The van der Waals surface area contributed by atoms with Gasteiger partial charge in [0, 0.05) is 17.7 Å². The highest BCUT2D eigenvalue weighted by molar-refractivity contribution is 5.83. The van der Waals surface area contributed by atoms with Crippen molar-refractivity contribution in [3.05, 3.63) is 35.1 Å². The molecule has 0 bridgehead atoms. The minimum Gasteiger partial charge on any atom is -0.459 e. The van der Waals surface area contributed by atoms with E-state index in [9.17, 15) is 8.78 Å². The van der Waals surface area contributed by atoms with E-state index in [2.05, 4.69) is 0 Å². The molecule has 0 fully saturated rings. The van der Waals surface area contributed by atoms with Crippen molar-refractivity contribution in [2.45, 2.75) is 26.3 Å². The monoisotopic (exact) mass is 225 g/mol. The first kappa shape index (κ1) is 11.1. The Labute approximate surface area is 92.0 Å². The van der Waals surface area contributed by atoms with Gasteiger partial charge in [-0.15, -0.1) is 0 Å². The number of rotatable bonds is 2. The van der Waals surface area contributed by atoms with Gasteiger partial charge >= 0.3 is 0 Å². The number of halogens is 2. The summed E-state index contributed by atoms with van der Waals surface area (Å²) in [5.74, 6) is -0.631. The van der Waals surface area contributed by atoms with Crippen molar-refractivity contribution in [1.29, 1.82) is 0 Å². The lowest BCUT2D eigenvalue weighted by molar-refractivity contribution is 0.536. The average molecular weight is 225 g/mol. The summed E-state index contributed by atoms with van der Waals surface area (Å²) >= 11 is 0. The van der Waals surface area contributed by atoms with E-state index < -0.39 is 11.6 Å². The van der Waals surface area contributed by atoms with Gasteiger partial charge in [0.2, 0.25) is 0 Å². The highest BCUT2D eigenvalue weighted by atomic mass is 19.1. The predicted octanol–water partition coefficient (Wildman–Crippen LogP) is 3.29. The fourth-order valence-corrected chi connectivity index (χ4v) is 1.98. The van der Waals surface area contributed by atoms with Crippen LogP contribution < -0.4 is 5.73 Å². The van der Waals surface area contributed by atoms with Crippen LogP contribution in [0.4, 0.5) is 8.78 Å². The molecule has 0 saturated carbocycles. The van der Waals surface area contributed by atoms with Crippen LogP contribution in [0.25, 0.3) is 11.0 Å². The Balaban J connectivity index is 2.84. The highest BCUT2D eigenvalue weighted by Gasteiger charge is 2.19. The zero-order chi connectivity index (χ0) is 11.9. The number of hydrogen-bond donors (Lipinski definition) is 1. The molecule has 1 heterocycles. The highest BCUT2D eigenvalue weighted by Crippen LogP contribution is 2.33. The molecule has 0 radical (unpaired) electrons. The first-order valence-corrected chi connectivity index (χ1v) is 5.15. The van der Waals surface area contributed by atoms with Gasteiger partial charge in [0.05, 0.1) is 11.9 Å². The Morgan fingerprint density at radius 3 is 2.56 bits per heavy atom. The van der Waals surface area contributed by atoms with E-state index in [0.717, 1.165) is 11.6 Å². The number of nitrogens with two attached hydrogens (primary N) is 1. The van der Waals surface area contributed by atoms with E-state index in [1.807, 2.05) is 13.8 Å². The minimum absolute atomic E-state index is 0.0831. The van der Waals surface area contributed by atoms with Gasteiger partial charge in [-0.1, -0.05) is 13.8 Å². The first-order valence-electron chi connectivity index (χ1n) is 5.15. The molecule has 2 aromatic rings. The quantitative estimate of drug-likeness (QED) is 0.851. The van der Waals surface area contributed by atoms with Crippen molar-refractivity contribution >= 4 is 11.0 Å². The fourth-order valence-electron chi connectivity index (χ4n) is 1.98. The third-order valence-corrected chi connectivity index (χ3v) is 2.58. The van der Waals surface area contributed by atoms with Gasteiger partial charge in [0.1, 0.15) is 23.0 Å². The van der Waals surface area contributed by atoms with Crippen molar-refractivity contribution in [1.82, 2.24) is 0 Å². The molecule has 86 valence electrons. The second kappa shape index (κ2) is 3.87. The molecular weight excluding hydrogens is 212 g/mol. The van der Waals surface area contributed by atoms with Crippen LogP contribution in [0.15, 0.2) is 16.5 Å². The Hall–Kier alpha value is -1.42. The SMILES string of the molecule is CC(C)c1c(CN)oc2cc(F)cc(F)c12. The largest absolute Gasteiger partial charge is 0.459 e. The van der Waals surface area contributed by atoms with Crippen LogP contribution >= 0.6 is 0 Å². The molecule has 4 heteroatoms. The summed E-state index contributed by atoms with van der Waals surface area (Å²) in [6, 6.07) is 2.05. The second-order valence-corrected chi connectivity index (χ2v) is 4.06. The maximum atomic E-state index is 13.7. The number of furan rings is 1. The summed E-state index contributed by atoms with van der Waals surface area (Å²) in [4.78, 5) is 0. The molecule has 0 saturated heterocycles. The molecule has 1 aromatic carbocycles. The second-order valence-electron chi connectivity index (χ2n) is 4.06. The molecule has 2 rings (SSSR count). The van der Waals surface area contributed by atoms with Gasteiger partial charge in [0.25, 0.3) is 0 Å². The van der Waals surface area contributed by atoms with E-state index in [4.69, 9.17) is 10.2 Å². The molecule has 0 atom stereocenters.